The van der Waals surface area contributed by atoms with E-state index >= 15 is 0 Å². The number of anilines is 1. The number of nitrogens with one attached hydrogen (secondary N) is 1. The van der Waals surface area contributed by atoms with E-state index in [0.717, 1.165) is 5.56 Å². The molecule has 88 valence electrons. The number of benzene rings is 1. The Hall–Kier alpha value is -1.03. The SMILES string of the molecule is Clc1ccccc1CNc1c(Cl)ncnc1Cl. The molecule has 3 nitrogen and oxygen atoms in total. The lowest BCUT2D eigenvalue weighted by Gasteiger charge is -2.09. The summed E-state index contributed by atoms with van der Waals surface area (Å²) in [6.45, 7) is 0.506. The van der Waals surface area contributed by atoms with Crippen molar-refractivity contribution >= 4 is 40.5 Å². The van der Waals surface area contributed by atoms with Crippen LogP contribution in [0.3, 0.4) is 0 Å². The van der Waals surface area contributed by atoms with E-state index in [9.17, 15) is 0 Å². The highest BCUT2D eigenvalue weighted by atomic mass is 35.5. The Bertz CT molecular complexity index is 511. The Balaban J connectivity index is 2.16. The molecule has 1 aromatic heterocycles. The Labute approximate surface area is 114 Å². The molecule has 2 aromatic rings. The van der Waals surface area contributed by atoms with Gasteiger partial charge in [-0.15, -0.1) is 0 Å². The van der Waals surface area contributed by atoms with Gasteiger partial charge in [0.25, 0.3) is 0 Å². The summed E-state index contributed by atoms with van der Waals surface area (Å²) in [4.78, 5) is 7.70. The number of aromatic nitrogens is 2. The van der Waals surface area contributed by atoms with Crippen LogP contribution in [0.25, 0.3) is 0 Å². The molecule has 0 bridgehead atoms. The molecule has 0 amide bonds. The van der Waals surface area contributed by atoms with Gasteiger partial charge >= 0.3 is 0 Å². The molecule has 0 aliphatic rings. The maximum atomic E-state index is 6.03. The van der Waals surface area contributed by atoms with E-state index in [-0.39, 0.29) is 10.3 Å². The van der Waals surface area contributed by atoms with E-state index in [0.29, 0.717) is 17.3 Å². The zero-order chi connectivity index (χ0) is 12.3. The van der Waals surface area contributed by atoms with Crippen LogP contribution in [-0.4, -0.2) is 9.97 Å². The smallest absolute Gasteiger partial charge is 0.157 e. The lowest BCUT2D eigenvalue weighted by Crippen LogP contribution is -2.02. The number of rotatable bonds is 3. The Morgan fingerprint density at radius 3 is 2.29 bits per heavy atom. The zero-order valence-electron chi connectivity index (χ0n) is 8.62. The summed E-state index contributed by atoms with van der Waals surface area (Å²) in [5.41, 5.74) is 1.46. The van der Waals surface area contributed by atoms with Crippen LogP contribution in [0.5, 0.6) is 0 Å². The fourth-order valence-corrected chi connectivity index (χ4v) is 1.97. The molecule has 17 heavy (non-hydrogen) atoms. The van der Waals surface area contributed by atoms with Crippen molar-refractivity contribution in [2.75, 3.05) is 5.32 Å². The van der Waals surface area contributed by atoms with Crippen LogP contribution in [0.4, 0.5) is 5.69 Å². The quantitative estimate of drug-likeness (QED) is 0.866. The summed E-state index contributed by atoms with van der Waals surface area (Å²) >= 11 is 17.8. The van der Waals surface area contributed by atoms with E-state index in [1.165, 1.54) is 6.33 Å². The van der Waals surface area contributed by atoms with Gasteiger partial charge in [-0.3, -0.25) is 0 Å². The van der Waals surface area contributed by atoms with E-state index < -0.39 is 0 Å². The molecule has 0 saturated heterocycles. The topological polar surface area (TPSA) is 37.8 Å². The maximum absolute atomic E-state index is 6.03. The first-order valence-electron chi connectivity index (χ1n) is 4.82. The third-order valence-corrected chi connectivity index (χ3v) is 3.11. The highest BCUT2D eigenvalue weighted by Gasteiger charge is 2.08. The van der Waals surface area contributed by atoms with Gasteiger partial charge in [0.05, 0.1) is 0 Å². The van der Waals surface area contributed by atoms with Crippen molar-refractivity contribution in [1.29, 1.82) is 0 Å². The summed E-state index contributed by atoms with van der Waals surface area (Å²) in [6.07, 6.45) is 1.31. The minimum atomic E-state index is 0.289. The van der Waals surface area contributed by atoms with Gasteiger partial charge in [0.15, 0.2) is 10.3 Å². The predicted molar refractivity (Wildman–Crippen MR) is 70.8 cm³/mol. The van der Waals surface area contributed by atoms with Gasteiger partial charge in [0, 0.05) is 11.6 Å². The van der Waals surface area contributed by atoms with Crippen molar-refractivity contribution < 1.29 is 0 Å². The molecule has 1 heterocycles. The molecule has 0 radical (unpaired) electrons. The van der Waals surface area contributed by atoms with Crippen LogP contribution < -0.4 is 5.32 Å². The number of hydrogen-bond acceptors (Lipinski definition) is 3. The number of halogens is 3. The van der Waals surface area contributed by atoms with Crippen LogP contribution in [0.2, 0.25) is 15.3 Å². The molecule has 0 aliphatic carbocycles. The lowest BCUT2D eigenvalue weighted by molar-refractivity contribution is 1.10. The summed E-state index contributed by atoms with van der Waals surface area (Å²) in [5.74, 6) is 0. The van der Waals surface area contributed by atoms with E-state index in [1.807, 2.05) is 24.3 Å². The largest absolute Gasteiger partial charge is 0.376 e. The van der Waals surface area contributed by atoms with Gasteiger partial charge in [0.2, 0.25) is 0 Å². The average Bonchev–Trinajstić information content (AvgIpc) is 2.30. The lowest BCUT2D eigenvalue weighted by atomic mass is 10.2. The molecule has 1 aromatic carbocycles. The standard InChI is InChI=1S/C11H8Cl3N3/c12-8-4-2-1-3-7(8)5-15-9-10(13)16-6-17-11(9)14/h1-4,6,15H,5H2. The highest BCUT2D eigenvalue weighted by molar-refractivity contribution is 6.37. The molecule has 6 heteroatoms. The third kappa shape index (κ3) is 3.00. The Morgan fingerprint density at radius 1 is 1.00 bits per heavy atom. The fraction of sp³-hybridized carbons (Fsp3) is 0.0909. The number of nitrogens with zero attached hydrogens (tertiary/aromatic N) is 2. The molecule has 1 N–H and O–H groups in total. The summed E-state index contributed by atoms with van der Waals surface area (Å²) in [7, 11) is 0. The van der Waals surface area contributed by atoms with E-state index in [2.05, 4.69) is 15.3 Å². The first-order valence-corrected chi connectivity index (χ1v) is 5.95. The second-order valence-corrected chi connectivity index (χ2v) is 4.40. The molecule has 0 fully saturated rings. The average molecular weight is 289 g/mol. The molecule has 0 aliphatic heterocycles. The van der Waals surface area contributed by atoms with E-state index in [1.54, 1.807) is 0 Å². The minimum Gasteiger partial charge on any atom is -0.376 e. The summed E-state index contributed by atoms with van der Waals surface area (Å²) in [6, 6.07) is 7.52. The molecular formula is C11H8Cl3N3. The fourth-order valence-electron chi connectivity index (χ4n) is 1.32. The highest BCUT2D eigenvalue weighted by Crippen LogP contribution is 2.27. The zero-order valence-corrected chi connectivity index (χ0v) is 10.9. The van der Waals surface area contributed by atoms with Crippen molar-refractivity contribution in [1.82, 2.24) is 9.97 Å². The number of hydrogen-bond donors (Lipinski definition) is 1. The van der Waals surface area contributed by atoms with Crippen LogP contribution in [0.15, 0.2) is 30.6 Å². The molecule has 0 unspecified atom stereocenters. The Morgan fingerprint density at radius 2 is 1.65 bits per heavy atom. The summed E-state index contributed by atoms with van der Waals surface area (Å²) < 4.78 is 0. The van der Waals surface area contributed by atoms with Crippen molar-refractivity contribution in [3.8, 4) is 0 Å². The van der Waals surface area contributed by atoms with Crippen LogP contribution in [-0.2, 0) is 6.54 Å². The molecule has 2 rings (SSSR count). The van der Waals surface area contributed by atoms with Crippen LogP contribution >= 0.6 is 34.8 Å². The van der Waals surface area contributed by atoms with Crippen molar-refractivity contribution in [3.63, 3.8) is 0 Å². The van der Waals surface area contributed by atoms with Gasteiger partial charge < -0.3 is 5.32 Å². The normalized spacial score (nSPS) is 10.3. The second kappa shape index (κ2) is 5.54. The molecule has 0 saturated carbocycles. The van der Waals surface area contributed by atoms with Gasteiger partial charge in [-0.05, 0) is 11.6 Å². The molecular weight excluding hydrogens is 281 g/mol. The van der Waals surface area contributed by atoms with Crippen molar-refractivity contribution in [2.45, 2.75) is 6.54 Å². The second-order valence-electron chi connectivity index (χ2n) is 3.28. The van der Waals surface area contributed by atoms with E-state index in [4.69, 9.17) is 34.8 Å². The van der Waals surface area contributed by atoms with Crippen molar-refractivity contribution in [2.24, 2.45) is 0 Å². The van der Waals surface area contributed by atoms with Crippen LogP contribution in [0, 0.1) is 0 Å². The molecule has 0 atom stereocenters. The Kier molecular flexibility index (Phi) is 4.05. The predicted octanol–water partition coefficient (Wildman–Crippen LogP) is 4.05. The van der Waals surface area contributed by atoms with Gasteiger partial charge in [-0.25, -0.2) is 9.97 Å². The monoisotopic (exact) mass is 287 g/mol. The molecule has 0 spiro atoms. The van der Waals surface area contributed by atoms with Gasteiger partial charge in [0.1, 0.15) is 12.0 Å². The third-order valence-electron chi connectivity index (χ3n) is 2.17. The van der Waals surface area contributed by atoms with Crippen molar-refractivity contribution in [3.05, 3.63) is 51.5 Å². The first kappa shape index (κ1) is 12.4. The first-order chi connectivity index (χ1) is 8.18. The van der Waals surface area contributed by atoms with Gasteiger partial charge in [-0.2, -0.15) is 0 Å². The van der Waals surface area contributed by atoms with Crippen LogP contribution in [0.1, 0.15) is 5.56 Å². The maximum Gasteiger partial charge on any atom is 0.157 e. The summed E-state index contributed by atoms with van der Waals surface area (Å²) in [5, 5.41) is 4.33. The van der Waals surface area contributed by atoms with Gasteiger partial charge in [-0.1, -0.05) is 53.0 Å². The minimum absolute atomic E-state index is 0.289.